The van der Waals surface area contributed by atoms with Crippen molar-refractivity contribution in [2.75, 3.05) is 0 Å². The lowest BCUT2D eigenvalue weighted by molar-refractivity contribution is 0.995. The van der Waals surface area contributed by atoms with Gasteiger partial charge in [-0.3, -0.25) is 4.57 Å². The quantitative estimate of drug-likeness (QED) is 0.178. The van der Waals surface area contributed by atoms with Gasteiger partial charge in [0.05, 0.1) is 33.5 Å². The molecule has 0 atom stereocenters. The van der Waals surface area contributed by atoms with Gasteiger partial charge in [-0.25, -0.2) is 9.97 Å². The molecule has 0 unspecified atom stereocenters. The molecule has 8 aromatic carbocycles. The Balaban J connectivity index is 1.16. The number of nitrogens with zero attached hydrogens (tertiary/aromatic N) is 4. The van der Waals surface area contributed by atoms with Gasteiger partial charge in [0.15, 0.2) is 0 Å². The molecule has 0 spiro atoms. The molecule has 5 heterocycles. The van der Waals surface area contributed by atoms with Crippen molar-refractivity contribution in [2.24, 2.45) is 0 Å². The zero-order valence-electron chi connectivity index (χ0n) is 30.9. The van der Waals surface area contributed by atoms with E-state index in [1.807, 2.05) is 22.7 Å². The first kappa shape index (κ1) is 32.0. The second-order valence-electron chi connectivity index (χ2n) is 15.0. The molecule has 58 heavy (non-hydrogen) atoms. The van der Waals surface area contributed by atoms with E-state index in [9.17, 15) is 0 Å². The molecule has 5 aromatic heterocycles. The lowest BCUT2D eigenvalue weighted by atomic mass is 10.0. The second-order valence-corrected chi connectivity index (χ2v) is 17.1. The lowest BCUT2D eigenvalue weighted by Gasteiger charge is -2.14. The maximum atomic E-state index is 5.56. The van der Waals surface area contributed by atoms with Crippen LogP contribution >= 0.6 is 22.7 Å². The minimum Gasteiger partial charge on any atom is -0.307 e. The molecule has 13 rings (SSSR count). The number of rotatable bonds is 4. The summed E-state index contributed by atoms with van der Waals surface area (Å²) in [5, 5.41) is 9.77. The predicted octanol–water partition coefficient (Wildman–Crippen LogP) is 14.7. The van der Waals surface area contributed by atoms with Crippen LogP contribution in [0.4, 0.5) is 0 Å². The predicted molar refractivity (Wildman–Crippen MR) is 247 cm³/mol. The molecular weight excluding hydrogens is 745 g/mol. The highest BCUT2D eigenvalue weighted by Gasteiger charge is 2.23. The minimum absolute atomic E-state index is 0.640. The second kappa shape index (κ2) is 12.2. The first-order chi connectivity index (χ1) is 28.7. The van der Waals surface area contributed by atoms with Gasteiger partial charge in [-0.05, 0) is 66.7 Å². The van der Waals surface area contributed by atoms with Crippen molar-refractivity contribution in [1.29, 1.82) is 0 Å². The van der Waals surface area contributed by atoms with Crippen molar-refractivity contribution < 1.29 is 0 Å². The van der Waals surface area contributed by atoms with E-state index in [1.165, 1.54) is 51.1 Å². The highest BCUT2D eigenvalue weighted by Crippen LogP contribution is 2.43. The fraction of sp³-hybridized carbons (Fsp3) is 0. The Morgan fingerprint density at radius 1 is 0.328 bits per heavy atom. The topological polar surface area (TPSA) is 35.6 Å². The van der Waals surface area contributed by atoms with Crippen LogP contribution < -0.4 is 0 Å². The van der Waals surface area contributed by atoms with Crippen LogP contribution in [0.1, 0.15) is 0 Å². The van der Waals surface area contributed by atoms with Crippen LogP contribution in [0.5, 0.6) is 0 Å². The van der Waals surface area contributed by atoms with Crippen molar-refractivity contribution in [2.45, 2.75) is 0 Å². The van der Waals surface area contributed by atoms with Gasteiger partial charge in [0.25, 0.3) is 0 Å². The Labute approximate surface area is 340 Å². The Morgan fingerprint density at radius 3 is 1.34 bits per heavy atom. The van der Waals surface area contributed by atoms with E-state index in [-0.39, 0.29) is 0 Å². The summed E-state index contributed by atoms with van der Waals surface area (Å²) in [5.74, 6) is 0.640. The van der Waals surface area contributed by atoms with Crippen molar-refractivity contribution in [3.63, 3.8) is 0 Å². The van der Waals surface area contributed by atoms with Gasteiger partial charge in [0.1, 0.15) is 0 Å². The zero-order valence-corrected chi connectivity index (χ0v) is 32.6. The van der Waals surface area contributed by atoms with Crippen molar-refractivity contribution in [3.8, 4) is 34.2 Å². The number of para-hydroxylation sites is 3. The van der Waals surface area contributed by atoms with Crippen molar-refractivity contribution >= 4 is 107 Å². The van der Waals surface area contributed by atoms with Crippen LogP contribution in [0.3, 0.4) is 0 Å². The summed E-state index contributed by atoms with van der Waals surface area (Å²) in [4.78, 5) is 11.1. The van der Waals surface area contributed by atoms with Crippen molar-refractivity contribution in [3.05, 3.63) is 182 Å². The molecule has 0 amide bonds. The SMILES string of the molecule is c1ccc(-n2c3ccccc3c3ccc4c5ccccc5n(-c5nc(-c6ccc7sc8ccccc8c7c6)cc(-c6ccc7sc8ccccc8c7c6)n5)c4c32)cc1. The summed E-state index contributed by atoms with van der Waals surface area (Å²) in [5.41, 5.74) is 9.45. The number of thiophene rings is 2. The summed E-state index contributed by atoms with van der Waals surface area (Å²) >= 11 is 3.67. The van der Waals surface area contributed by atoms with Gasteiger partial charge in [-0.15, -0.1) is 22.7 Å². The van der Waals surface area contributed by atoms with E-state index in [0.717, 1.165) is 61.0 Å². The smallest absolute Gasteiger partial charge is 0.235 e. The fourth-order valence-electron chi connectivity index (χ4n) is 9.15. The summed E-state index contributed by atoms with van der Waals surface area (Å²) < 4.78 is 9.85. The summed E-state index contributed by atoms with van der Waals surface area (Å²) in [6, 6.07) is 65.8. The van der Waals surface area contributed by atoms with E-state index < -0.39 is 0 Å². The molecule has 0 N–H and O–H groups in total. The third-order valence-electron chi connectivity index (χ3n) is 11.7. The van der Waals surface area contributed by atoms with Crippen LogP contribution in [-0.4, -0.2) is 19.1 Å². The summed E-state index contributed by atoms with van der Waals surface area (Å²) in [6.07, 6.45) is 0. The maximum absolute atomic E-state index is 5.56. The Hall–Kier alpha value is -7.12. The number of hydrogen-bond acceptors (Lipinski definition) is 4. The Kier molecular flexibility index (Phi) is 6.73. The number of benzene rings is 8. The van der Waals surface area contributed by atoms with Gasteiger partial charge in [-0.1, -0.05) is 115 Å². The van der Waals surface area contributed by atoms with Crippen LogP contribution in [0, 0.1) is 0 Å². The molecule has 4 nitrogen and oxygen atoms in total. The van der Waals surface area contributed by atoms with E-state index in [2.05, 4.69) is 191 Å². The largest absolute Gasteiger partial charge is 0.307 e. The van der Waals surface area contributed by atoms with E-state index in [1.54, 1.807) is 0 Å². The highest BCUT2D eigenvalue weighted by atomic mass is 32.1. The normalized spacial score (nSPS) is 12.1. The van der Waals surface area contributed by atoms with E-state index in [4.69, 9.17) is 9.97 Å². The first-order valence-corrected chi connectivity index (χ1v) is 21.1. The average molecular weight is 775 g/mol. The molecule has 0 aliphatic carbocycles. The fourth-order valence-corrected chi connectivity index (χ4v) is 11.3. The third-order valence-corrected chi connectivity index (χ3v) is 14.0. The molecule has 0 fully saturated rings. The van der Waals surface area contributed by atoms with Crippen LogP contribution in [0.15, 0.2) is 182 Å². The molecule has 270 valence electrons. The molecule has 0 saturated carbocycles. The Bertz CT molecular complexity index is 3680. The molecule has 0 saturated heterocycles. The summed E-state index contributed by atoms with van der Waals surface area (Å²) in [6.45, 7) is 0. The van der Waals surface area contributed by atoms with Gasteiger partial charge in [0.2, 0.25) is 5.95 Å². The lowest BCUT2D eigenvalue weighted by Crippen LogP contribution is -2.05. The van der Waals surface area contributed by atoms with Crippen LogP contribution in [0.2, 0.25) is 0 Å². The molecule has 0 radical (unpaired) electrons. The van der Waals surface area contributed by atoms with Gasteiger partial charge < -0.3 is 4.57 Å². The molecular formula is C52H30N4S2. The molecule has 0 bridgehead atoms. The van der Waals surface area contributed by atoms with Crippen LogP contribution in [0.25, 0.3) is 118 Å². The zero-order chi connectivity index (χ0) is 37.9. The molecule has 13 aromatic rings. The minimum atomic E-state index is 0.640. The maximum Gasteiger partial charge on any atom is 0.235 e. The van der Waals surface area contributed by atoms with E-state index >= 15 is 0 Å². The van der Waals surface area contributed by atoms with Gasteiger partial charge in [-0.2, -0.15) is 0 Å². The van der Waals surface area contributed by atoms with Crippen molar-refractivity contribution in [1.82, 2.24) is 19.1 Å². The van der Waals surface area contributed by atoms with Gasteiger partial charge >= 0.3 is 0 Å². The van der Waals surface area contributed by atoms with Gasteiger partial charge in [0, 0.05) is 78.7 Å². The first-order valence-electron chi connectivity index (χ1n) is 19.5. The monoisotopic (exact) mass is 774 g/mol. The summed E-state index contributed by atoms with van der Waals surface area (Å²) in [7, 11) is 0. The standard InChI is InChI=1S/C52H30N4S2/c1-2-12-33(13-3-1)55-44-18-8-4-14-34(44)38-24-25-39-35-15-5-9-19-45(35)56(51(39)50(38)55)52-53-42(31-22-26-48-40(28-31)36-16-6-10-20-46(36)57-48)30-43(54-52)32-23-27-49-41(29-32)37-17-7-11-21-47(37)58-49/h1-30H. The molecule has 0 aliphatic heterocycles. The number of fused-ring (bicyclic) bond motifs is 13. The average Bonchev–Trinajstić information content (AvgIpc) is 4.04. The third kappa shape index (κ3) is 4.61. The van der Waals surface area contributed by atoms with E-state index in [0.29, 0.717) is 5.95 Å². The molecule has 0 aliphatic rings. The number of hydrogen-bond donors (Lipinski definition) is 0. The number of aromatic nitrogens is 4. The highest BCUT2D eigenvalue weighted by molar-refractivity contribution is 7.26. The molecule has 6 heteroatoms. The Morgan fingerprint density at radius 2 is 0.776 bits per heavy atom. The van der Waals surface area contributed by atoms with Crippen LogP contribution in [-0.2, 0) is 0 Å².